The second-order valence-corrected chi connectivity index (χ2v) is 14.4. The van der Waals surface area contributed by atoms with Crippen LogP contribution in [0.2, 0.25) is 0 Å². The molecule has 2 spiro atoms. The van der Waals surface area contributed by atoms with Crippen molar-refractivity contribution >= 4 is 20.2 Å². The molecule has 8 heterocycles. The summed E-state index contributed by atoms with van der Waals surface area (Å²) in [6.45, 7) is 7.12. The molecule has 0 aromatic carbocycles. The zero-order valence-electron chi connectivity index (χ0n) is 19.8. The van der Waals surface area contributed by atoms with E-state index in [1.165, 1.54) is 0 Å². The number of nitrogens with zero attached hydrogens (tertiary/aromatic N) is 1. The SMILES string of the molecule is CC1(C)O[C@@H]2O[C@H]3CN(C45CS(=O)(=O)O[C@@]46[C@@H](CN5)O[C@@H]4OC(C)(C)O[C@@H]46)C4=CS(=O)(=O)O[C@@]43[C@@H]2O1. The average molecular weight is 551 g/mol. The molecule has 0 aromatic heterocycles. The molecule has 8 rings (SSSR count). The van der Waals surface area contributed by atoms with E-state index < -0.39 is 91.4 Å². The van der Waals surface area contributed by atoms with Gasteiger partial charge in [-0.15, -0.1) is 0 Å². The van der Waals surface area contributed by atoms with Crippen LogP contribution in [-0.2, 0) is 57.0 Å². The Morgan fingerprint density at radius 3 is 2.25 bits per heavy atom. The van der Waals surface area contributed by atoms with E-state index in [0.29, 0.717) is 0 Å². The highest BCUT2D eigenvalue weighted by molar-refractivity contribution is 7.90. The van der Waals surface area contributed by atoms with Gasteiger partial charge in [0.15, 0.2) is 41.5 Å². The molecule has 1 N–H and O–H groups in total. The van der Waals surface area contributed by atoms with Crippen molar-refractivity contribution in [3.8, 4) is 0 Å². The summed E-state index contributed by atoms with van der Waals surface area (Å²) in [5, 5.41) is 4.32. The predicted molar refractivity (Wildman–Crippen MR) is 113 cm³/mol. The average Bonchev–Trinajstić information content (AvgIpc) is 3.52. The maximum absolute atomic E-state index is 13.1. The molecule has 0 bridgehead atoms. The minimum atomic E-state index is -4.15. The number of rotatable bonds is 1. The minimum absolute atomic E-state index is 0.0868. The molecule has 8 aliphatic heterocycles. The Labute approximate surface area is 207 Å². The molecule has 9 atom stereocenters. The van der Waals surface area contributed by atoms with Gasteiger partial charge in [-0.2, -0.15) is 16.8 Å². The predicted octanol–water partition coefficient (Wildman–Crippen LogP) is -1.61. The van der Waals surface area contributed by atoms with Crippen molar-refractivity contribution in [2.45, 2.75) is 93.1 Å². The van der Waals surface area contributed by atoms with Gasteiger partial charge in [-0.3, -0.25) is 9.50 Å². The lowest BCUT2D eigenvalue weighted by atomic mass is 9.82. The maximum atomic E-state index is 13.1. The first-order valence-corrected chi connectivity index (χ1v) is 14.8. The zero-order valence-corrected chi connectivity index (χ0v) is 21.5. The highest BCUT2D eigenvalue weighted by atomic mass is 32.2. The second kappa shape index (κ2) is 6.12. The summed E-state index contributed by atoms with van der Waals surface area (Å²) in [6, 6.07) is 0. The lowest BCUT2D eigenvalue weighted by Crippen LogP contribution is -2.71. The van der Waals surface area contributed by atoms with Gasteiger partial charge < -0.3 is 33.3 Å². The van der Waals surface area contributed by atoms with Gasteiger partial charge in [-0.05, 0) is 27.7 Å². The first kappa shape index (κ1) is 23.0. The van der Waals surface area contributed by atoms with E-state index in [1.807, 2.05) is 0 Å². The van der Waals surface area contributed by atoms with Crippen molar-refractivity contribution in [3.63, 3.8) is 0 Å². The van der Waals surface area contributed by atoms with Crippen molar-refractivity contribution in [2.75, 3.05) is 18.8 Å². The van der Waals surface area contributed by atoms with E-state index in [2.05, 4.69) is 5.32 Å². The Kier molecular flexibility index (Phi) is 3.91. The molecule has 0 radical (unpaired) electrons. The summed E-state index contributed by atoms with van der Waals surface area (Å²) >= 11 is 0. The van der Waals surface area contributed by atoms with E-state index in [1.54, 1.807) is 32.6 Å². The van der Waals surface area contributed by atoms with Crippen LogP contribution in [-0.4, -0.2) is 106 Å². The normalized spacial score (nSPS) is 55.7. The highest BCUT2D eigenvalue weighted by Crippen LogP contribution is 2.63. The first-order valence-electron chi connectivity index (χ1n) is 11.8. The summed E-state index contributed by atoms with van der Waals surface area (Å²) in [6.07, 6.45) is -5.07. The monoisotopic (exact) mass is 550 g/mol. The van der Waals surface area contributed by atoms with Gasteiger partial charge in [0.1, 0.15) is 29.7 Å². The van der Waals surface area contributed by atoms with E-state index in [-0.39, 0.29) is 18.8 Å². The summed E-state index contributed by atoms with van der Waals surface area (Å²) in [7, 11) is -8.25. The lowest BCUT2D eigenvalue weighted by Gasteiger charge is -2.46. The van der Waals surface area contributed by atoms with Crippen LogP contribution < -0.4 is 5.32 Å². The second-order valence-electron chi connectivity index (χ2n) is 11.4. The van der Waals surface area contributed by atoms with Crippen LogP contribution >= 0.6 is 0 Å². The Bertz CT molecular complexity index is 1330. The molecule has 0 aromatic rings. The maximum Gasteiger partial charge on any atom is 0.293 e. The van der Waals surface area contributed by atoms with Crippen LogP contribution in [0.4, 0.5) is 0 Å². The number of nitrogens with one attached hydrogen (secondary N) is 1. The van der Waals surface area contributed by atoms with Crippen molar-refractivity contribution in [2.24, 2.45) is 0 Å². The quantitative estimate of drug-likeness (QED) is 0.372. The van der Waals surface area contributed by atoms with Crippen molar-refractivity contribution < 1.29 is 53.6 Å². The fraction of sp³-hybridized carbons (Fsp3) is 0.900. The standard InChI is InChI=1S/C20H26N2O12S2/c1-16(2)29-12-14(31-16)28-11-6-22(9-7-35(23,24)33-19(9,11)12)18-8-36(25,26)34-20(18)10(5-21-18)27-15-13(20)30-17(3,4)32-15/h7,10-15,21H,5-6,8H2,1-4H3/t10-,11+,12-,13+,14+,15-,18?,19+,20-/m1/s1. The van der Waals surface area contributed by atoms with Crippen molar-refractivity contribution in [1.82, 2.24) is 10.2 Å². The number of ether oxygens (including phenoxy) is 6. The fourth-order valence-electron chi connectivity index (χ4n) is 7.42. The number of fused-ring (bicyclic) bond motifs is 2. The van der Waals surface area contributed by atoms with Crippen LogP contribution in [0.3, 0.4) is 0 Å². The highest BCUT2D eigenvalue weighted by Gasteiger charge is 2.85. The van der Waals surface area contributed by atoms with Gasteiger partial charge in [-0.1, -0.05) is 0 Å². The minimum Gasteiger partial charge on any atom is -0.347 e. The summed E-state index contributed by atoms with van der Waals surface area (Å²) in [4.78, 5) is 1.68. The fourth-order valence-corrected chi connectivity index (χ4v) is 10.5. The van der Waals surface area contributed by atoms with Crippen LogP contribution in [0.25, 0.3) is 0 Å². The first-order chi connectivity index (χ1) is 16.6. The van der Waals surface area contributed by atoms with Gasteiger partial charge in [0.2, 0.25) is 0 Å². The third-order valence-electron chi connectivity index (χ3n) is 8.40. The summed E-state index contributed by atoms with van der Waals surface area (Å²) in [5.74, 6) is -2.56. The van der Waals surface area contributed by atoms with Crippen LogP contribution in [0.5, 0.6) is 0 Å². The zero-order chi connectivity index (χ0) is 25.3. The Balaban J connectivity index is 1.30. The van der Waals surface area contributed by atoms with Gasteiger partial charge in [0.25, 0.3) is 20.2 Å². The molecular weight excluding hydrogens is 524 g/mol. The molecule has 0 amide bonds. The molecule has 0 saturated carbocycles. The Morgan fingerprint density at radius 2 is 1.53 bits per heavy atom. The van der Waals surface area contributed by atoms with Crippen LogP contribution in [0.15, 0.2) is 11.1 Å². The molecule has 1 unspecified atom stereocenters. The van der Waals surface area contributed by atoms with Gasteiger partial charge in [-0.25, -0.2) is 4.18 Å². The van der Waals surface area contributed by atoms with Gasteiger partial charge in [0.05, 0.1) is 11.1 Å². The molecule has 14 nitrogen and oxygen atoms in total. The summed E-state index contributed by atoms with van der Waals surface area (Å²) in [5.41, 5.74) is -4.34. The molecule has 200 valence electrons. The van der Waals surface area contributed by atoms with E-state index in [9.17, 15) is 16.8 Å². The number of hydrogen-bond donors (Lipinski definition) is 1. The summed E-state index contributed by atoms with van der Waals surface area (Å²) < 4.78 is 99.9. The Hall–Kier alpha value is -0.920. The molecule has 7 fully saturated rings. The van der Waals surface area contributed by atoms with Gasteiger partial charge in [0, 0.05) is 13.1 Å². The van der Waals surface area contributed by atoms with E-state index >= 15 is 0 Å². The lowest BCUT2D eigenvalue weighted by molar-refractivity contribution is -0.226. The van der Waals surface area contributed by atoms with E-state index in [0.717, 1.165) is 5.41 Å². The topological polar surface area (TPSA) is 157 Å². The molecule has 0 aliphatic carbocycles. The van der Waals surface area contributed by atoms with Crippen LogP contribution in [0.1, 0.15) is 27.7 Å². The Morgan fingerprint density at radius 1 is 0.889 bits per heavy atom. The molecule has 16 heteroatoms. The number of hydrogen-bond acceptors (Lipinski definition) is 14. The molecule has 8 aliphatic rings. The van der Waals surface area contributed by atoms with Crippen molar-refractivity contribution in [3.05, 3.63) is 11.1 Å². The van der Waals surface area contributed by atoms with Crippen LogP contribution in [0, 0.1) is 0 Å². The third-order valence-corrected chi connectivity index (χ3v) is 10.7. The molecule has 36 heavy (non-hydrogen) atoms. The third kappa shape index (κ3) is 2.48. The van der Waals surface area contributed by atoms with Crippen molar-refractivity contribution in [1.29, 1.82) is 0 Å². The molecular formula is C20H26N2O12S2. The van der Waals surface area contributed by atoms with Gasteiger partial charge >= 0.3 is 0 Å². The number of likely N-dealkylation sites (tertiary alicyclic amines) is 1. The largest absolute Gasteiger partial charge is 0.347 e. The molecule has 7 saturated heterocycles. The van der Waals surface area contributed by atoms with E-state index in [4.69, 9.17) is 36.8 Å². The smallest absolute Gasteiger partial charge is 0.293 e.